The molecule has 1 amide bonds. The van der Waals surface area contributed by atoms with Gasteiger partial charge in [0.05, 0.1) is 11.3 Å². The molecule has 0 saturated heterocycles. The van der Waals surface area contributed by atoms with E-state index in [1.807, 2.05) is 6.92 Å². The first-order valence-corrected chi connectivity index (χ1v) is 8.65. The van der Waals surface area contributed by atoms with E-state index in [4.69, 9.17) is 0 Å². The SMILES string of the molecule is Cc1ccc(S(=O)(=O)Nc2cccc(CC(=O)N(C)C)c2)cc1. The molecule has 2 aromatic carbocycles. The van der Waals surface area contributed by atoms with Gasteiger partial charge in [0, 0.05) is 19.8 Å². The highest BCUT2D eigenvalue weighted by molar-refractivity contribution is 7.92. The highest BCUT2D eigenvalue weighted by Crippen LogP contribution is 2.18. The number of nitrogens with one attached hydrogen (secondary N) is 1. The third kappa shape index (κ3) is 4.56. The second-order valence-electron chi connectivity index (χ2n) is 5.58. The van der Waals surface area contributed by atoms with Crippen LogP contribution in [0.15, 0.2) is 53.4 Å². The van der Waals surface area contributed by atoms with Gasteiger partial charge >= 0.3 is 0 Å². The fraction of sp³-hybridized carbons (Fsp3) is 0.235. The number of aryl methyl sites for hydroxylation is 1. The molecule has 0 fully saturated rings. The van der Waals surface area contributed by atoms with Crippen molar-refractivity contribution in [3.8, 4) is 0 Å². The van der Waals surface area contributed by atoms with E-state index in [1.54, 1.807) is 62.6 Å². The molecule has 0 heterocycles. The molecule has 6 heteroatoms. The van der Waals surface area contributed by atoms with Crippen LogP contribution in [0.4, 0.5) is 5.69 Å². The van der Waals surface area contributed by atoms with Crippen LogP contribution in [0.3, 0.4) is 0 Å². The highest BCUT2D eigenvalue weighted by Gasteiger charge is 2.14. The topological polar surface area (TPSA) is 66.5 Å². The molecule has 0 spiro atoms. The highest BCUT2D eigenvalue weighted by atomic mass is 32.2. The van der Waals surface area contributed by atoms with Crippen LogP contribution in [0.2, 0.25) is 0 Å². The number of benzene rings is 2. The molecular formula is C17H20N2O3S. The molecule has 0 bridgehead atoms. The van der Waals surface area contributed by atoms with E-state index in [9.17, 15) is 13.2 Å². The first-order valence-electron chi connectivity index (χ1n) is 7.16. The standard InChI is InChI=1S/C17H20N2O3S/c1-13-7-9-16(10-8-13)23(21,22)18-15-6-4-5-14(11-15)12-17(20)19(2)3/h4-11,18H,12H2,1-3H3. The summed E-state index contributed by atoms with van der Waals surface area (Å²) in [5.41, 5.74) is 2.19. The van der Waals surface area contributed by atoms with Crippen LogP contribution in [-0.2, 0) is 21.2 Å². The lowest BCUT2D eigenvalue weighted by atomic mass is 10.1. The van der Waals surface area contributed by atoms with Crippen molar-refractivity contribution in [1.82, 2.24) is 4.90 Å². The lowest BCUT2D eigenvalue weighted by molar-refractivity contribution is -0.127. The smallest absolute Gasteiger partial charge is 0.261 e. The van der Waals surface area contributed by atoms with Crippen molar-refractivity contribution >= 4 is 21.6 Å². The zero-order valence-electron chi connectivity index (χ0n) is 13.4. The third-order valence-corrected chi connectivity index (χ3v) is 4.76. The van der Waals surface area contributed by atoms with Gasteiger partial charge in [-0.05, 0) is 36.8 Å². The van der Waals surface area contributed by atoms with Gasteiger partial charge in [-0.1, -0.05) is 29.8 Å². The lowest BCUT2D eigenvalue weighted by Crippen LogP contribution is -2.23. The minimum Gasteiger partial charge on any atom is -0.349 e. The second-order valence-corrected chi connectivity index (χ2v) is 7.27. The number of hydrogen-bond donors (Lipinski definition) is 1. The molecule has 2 aromatic rings. The minimum atomic E-state index is -3.64. The molecule has 23 heavy (non-hydrogen) atoms. The van der Waals surface area contributed by atoms with Gasteiger partial charge in [0.25, 0.3) is 10.0 Å². The van der Waals surface area contributed by atoms with Crippen molar-refractivity contribution in [2.75, 3.05) is 18.8 Å². The maximum atomic E-state index is 12.4. The third-order valence-electron chi connectivity index (χ3n) is 3.36. The van der Waals surface area contributed by atoms with Crippen LogP contribution in [0.1, 0.15) is 11.1 Å². The molecule has 2 rings (SSSR count). The summed E-state index contributed by atoms with van der Waals surface area (Å²) in [7, 11) is -0.263. The quantitative estimate of drug-likeness (QED) is 0.914. The number of nitrogens with zero attached hydrogens (tertiary/aromatic N) is 1. The van der Waals surface area contributed by atoms with Gasteiger partial charge in [0.15, 0.2) is 0 Å². The molecule has 0 saturated carbocycles. The molecule has 0 aromatic heterocycles. The molecule has 122 valence electrons. The Labute approximate surface area is 137 Å². The van der Waals surface area contributed by atoms with Crippen molar-refractivity contribution < 1.29 is 13.2 Å². The number of carbonyl (C=O) groups is 1. The van der Waals surface area contributed by atoms with Gasteiger partial charge in [-0.25, -0.2) is 8.42 Å². The van der Waals surface area contributed by atoms with Crippen molar-refractivity contribution in [3.63, 3.8) is 0 Å². The first-order chi connectivity index (χ1) is 10.8. The van der Waals surface area contributed by atoms with Crippen LogP contribution < -0.4 is 4.72 Å². The fourth-order valence-electron chi connectivity index (χ4n) is 2.01. The van der Waals surface area contributed by atoms with Gasteiger partial charge in [-0.15, -0.1) is 0 Å². The predicted octanol–water partition coefficient (Wildman–Crippen LogP) is 2.43. The number of rotatable bonds is 5. The van der Waals surface area contributed by atoms with Gasteiger partial charge in [0.1, 0.15) is 0 Å². The van der Waals surface area contributed by atoms with E-state index in [1.165, 1.54) is 4.90 Å². The fourth-order valence-corrected chi connectivity index (χ4v) is 3.06. The van der Waals surface area contributed by atoms with Gasteiger partial charge in [-0.3, -0.25) is 9.52 Å². The van der Waals surface area contributed by atoms with E-state index in [-0.39, 0.29) is 17.2 Å². The second kappa shape index (κ2) is 6.83. The van der Waals surface area contributed by atoms with E-state index in [0.29, 0.717) is 5.69 Å². The summed E-state index contributed by atoms with van der Waals surface area (Å²) in [6, 6.07) is 13.5. The zero-order valence-corrected chi connectivity index (χ0v) is 14.2. The minimum absolute atomic E-state index is 0.0384. The summed E-state index contributed by atoms with van der Waals surface area (Å²) in [6.07, 6.45) is 0.229. The Morgan fingerprint density at radius 1 is 1.09 bits per heavy atom. The van der Waals surface area contributed by atoms with Crippen molar-refractivity contribution in [2.24, 2.45) is 0 Å². The maximum absolute atomic E-state index is 12.4. The van der Waals surface area contributed by atoms with Crippen LogP contribution >= 0.6 is 0 Å². The molecule has 0 atom stereocenters. The summed E-state index contributed by atoms with van der Waals surface area (Å²) >= 11 is 0. The summed E-state index contributed by atoms with van der Waals surface area (Å²) < 4.78 is 27.3. The Morgan fingerprint density at radius 2 is 1.74 bits per heavy atom. The van der Waals surface area contributed by atoms with E-state index in [0.717, 1.165) is 11.1 Å². The molecule has 0 aliphatic heterocycles. The number of amides is 1. The largest absolute Gasteiger partial charge is 0.349 e. The van der Waals surface area contributed by atoms with E-state index >= 15 is 0 Å². The van der Waals surface area contributed by atoms with Gasteiger partial charge in [-0.2, -0.15) is 0 Å². The molecule has 0 radical (unpaired) electrons. The Balaban J connectivity index is 2.19. The van der Waals surface area contributed by atoms with E-state index in [2.05, 4.69) is 4.72 Å². The average molecular weight is 332 g/mol. The van der Waals surface area contributed by atoms with Gasteiger partial charge in [0.2, 0.25) is 5.91 Å². The Kier molecular flexibility index (Phi) is 5.05. The summed E-state index contributed by atoms with van der Waals surface area (Å²) in [6.45, 7) is 1.90. The maximum Gasteiger partial charge on any atom is 0.261 e. The summed E-state index contributed by atoms with van der Waals surface area (Å²) in [4.78, 5) is 13.5. The van der Waals surface area contributed by atoms with Crippen molar-refractivity contribution in [3.05, 3.63) is 59.7 Å². The molecule has 0 unspecified atom stereocenters. The van der Waals surface area contributed by atoms with Crippen LogP contribution in [0.5, 0.6) is 0 Å². The number of likely N-dealkylation sites (N-methyl/N-ethyl adjacent to an activating group) is 1. The number of anilines is 1. The van der Waals surface area contributed by atoms with Crippen LogP contribution in [-0.4, -0.2) is 33.3 Å². The number of sulfonamides is 1. The molecule has 5 nitrogen and oxygen atoms in total. The van der Waals surface area contributed by atoms with Crippen LogP contribution in [0, 0.1) is 6.92 Å². The van der Waals surface area contributed by atoms with Crippen LogP contribution in [0.25, 0.3) is 0 Å². The average Bonchev–Trinajstić information content (AvgIpc) is 2.47. The summed E-state index contributed by atoms with van der Waals surface area (Å²) in [5, 5.41) is 0. The first kappa shape index (κ1) is 17.0. The van der Waals surface area contributed by atoms with E-state index < -0.39 is 10.0 Å². The van der Waals surface area contributed by atoms with Crippen molar-refractivity contribution in [1.29, 1.82) is 0 Å². The Bertz CT molecular complexity index is 797. The molecule has 0 aliphatic carbocycles. The number of hydrogen-bond acceptors (Lipinski definition) is 3. The normalized spacial score (nSPS) is 11.1. The summed E-state index contributed by atoms with van der Waals surface area (Å²) in [5.74, 6) is -0.0384. The Hall–Kier alpha value is -2.34. The Morgan fingerprint density at radius 3 is 2.35 bits per heavy atom. The molecule has 1 N–H and O–H groups in total. The molecule has 0 aliphatic rings. The number of carbonyl (C=O) groups excluding carboxylic acids is 1. The lowest BCUT2D eigenvalue weighted by Gasteiger charge is -2.12. The van der Waals surface area contributed by atoms with Crippen molar-refractivity contribution in [2.45, 2.75) is 18.2 Å². The molecular weight excluding hydrogens is 312 g/mol. The zero-order chi connectivity index (χ0) is 17.0. The predicted molar refractivity (Wildman–Crippen MR) is 90.8 cm³/mol. The van der Waals surface area contributed by atoms with Gasteiger partial charge < -0.3 is 4.90 Å². The monoisotopic (exact) mass is 332 g/mol.